The van der Waals surface area contributed by atoms with Crippen LogP contribution in [0, 0.1) is 0 Å². The van der Waals surface area contributed by atoms with Gasteiger partial charge in [0.25, 0.3) is 0 Å². The lowest BCUT2D eigenvalue weighted by Crippen LogP contribution is -2.59. The zero-order valence-electron chi connectivity index (χ0n) is 14.0. The molecule has 1 heterocycles. The molecule has 0 amide bonds. The highest BCUT2D eigenvalue weighted by atomic mass is 16.5. The lowest BCUT2D eigenvalue weighted by molar-refractivity contribution is -0.234. The van der Waals surface area contributed by atoms with Crippen LogP contribution in [0.2, 0.25) is 0 Å². The van der Waals surface area contributed by atoms with Gasteiger partial charge in [-0.3, -0.25) is 0 Å². The smallest absolute Gasteiger partial charge is 0.160 e. The third-order valence-electron chi connectivity index (χ3n) is 4.51. The normalized spacial score (nSPS) is 30.9. The average molecular weight is 358 g/mol. The molecule has 8 heteroatoms. The molecule has 1 aliphatic heterocycles. The largest absolute Gasteiger partial charge is 0.504 e. The van der Waals surface area contributed by atoms with E-state index in [4.69, 9.17) is 14.6 Å². The van der Waals surface area contributed by atoms with Gasteiger partial charge in [0.1, 0.15) is 24.4 Å². The molecule has 6 atom stereocenters. The highest BCUT2D eigenvalue weighted by Gasteiger charge is 2.43. The second kappa shape index (κ2) is 8.79. The third-order valence-corrected chi connectivity index (χ3v) is 4.51. The fraction of sp³-hybridized carbons (Fsp3) is 0.647. The Kier molecular flexibility index (Phi) is 7.00. The van der Waals surface area contributed by atoms with E-state index < -0.39 is 43.2 Å². The summed E-state index contributed by atoms with van der Waals surface area (Å²) in [6.45, 7) is -0.495. The number of benzene rings is 1. The van der Waals surface area contributed by atoms with Crippen molar-refractivity contribution in [1.29, 1.82) is 0 Å². The SMILES string of the molecule is COc1cc(CCC(O)CC2OC(CO)C(O)C(O)C2O)ccc1O. The van der Waals surface area contributed by atoms with Gasteiger partial charge in [-0.2, -0.15) is 0 Å². The van der Waals surface area contributed by atoms with Crippen molar-refractivity contribution in [3.05, 3.63) is 23.8 Å². The predicted molar refractivity (Wildman–Crippen MR) is 87.4 cm³/mol. The minimum absolute atomic E-state index is 0.0353. The Morgan fingerprint density at radius 3 is 2.44 bits per heavy atom. The maximum Gasteiger partial charge on any atom is 0.160 e. The molecule has 25 heavy (non-hydrogen) atoms. The van der Waals surface area contributed by atoms with Crippen LogP contribution in [0.1, 0.15) is 18.4 Å². The van der Waals surface area contributed by atoms with E-state index in [0.717, 1.165) is 5.56 Å². The van der Waals surface area contributed by atoms with Crippen molar-refractivity contribution in [2.75, 3.05) is 13.7 Å². The Morgan fingerprint density at radius 2 is 1.80 bits per heavy atom. The van der Waals surface area contributed by atoms with Crippen LogP contribution >= 0.6 is 0 Å². The van der Waals surface area contributed by atoms with E-state index in [-0.39, 0.29) is 12.2 Å². The van der Waals surface area contributed by atoms with E-state index in [1.165, 1.54) is 13.2 Å². The van der Waals surface area contributed by atoms with Gasteiger partial charge in [-0.15, -0.1) is 0 Å². The van der Waals surface area contributed by atoms with Crippen LogP contribution in [-0.2, 0) is 11.2 Å². The Bertz CT molecular complexity index is 549. The first-order valence-electron chi connectivity index (χ1n) is 8.21. The summed E-state index contributed by atoms with van der Waals surface area (Å²) in [5.74, 6) is 0.383. The molecule has 0 aromatic heterocycles. The highest BCUT2D eigenvalue weighted by molar-refractivity contribution is 5.41. The van der Waals surface area contributed by atoms with Crippen molar-refractivity contribution in [2.45, 2.75) is 55.9 Å². The highest BCUT2D eigenvalue weighted by Crippen LogP contribution is 2.28. The number of aryl methyl sites for hydroxylation is 1. The molecule has 2 rings (SSSR count). The molecular formula is C17H26O8. The zero-order valence-corrected chi connectivity index (χ0v) is 14.0. The maximum atomic E-state index is 10.2. The number of phenols is 1. The number of ether oxygens (including phenoxy) is 2. The number of aliphatic hydroxyl groups is 5. The molecule has 1 aromatic rings. The molecule has 6 unspecified atom stereocenters. The topological polar surface area (TPSA) is 140 Å². The minimum Gasteiger partial charge on any atom is -0.504 e. The molecule has 6 N–H and O–H groups in total. The summed E-state index contributed by atoms with van der Waals surface area (Å²) >= 11 is 0. The molecule has 0 aliphatic carbocycles. The Hall–Kier alpha value is -1.42. The van der Waals surface area contributed by atoms with Crippen LogP contribution < -0.4 is 4.74 Å². The number of aliphatic hydroxyl groups excluding tert-OH is 5. The van der Waals surface area contributed by atoms with E-state index in [0.29, 0.717) is 18.6 Å². The Labute approximate surface area is 145 Å². The Morgan fingerprint density at radius 1 is 1.12 bits per heavy atom. The molecule has 1 aromatic carbocycles. The molecule has 1 saturated heterocycles. The fourth-order valence-electron chi connectivity index (χ4n) is 2.97. The van der Waals surface area contributed by atoms with Gasteiger partial charge >= 0.3 is 0 Å². The first-order valence-corrected chi connectivity index (χ1v) is 8.21. The molecule has 8 nitrogen and oxygen atoms in total. The van der Waals surface area contributed by atoms with Gasteiger partial charge in [0, 0.05) is 6.42 Å². The van der Waals surface area contributed by atoms with Crippen molar-refractivity contribution in [3.63, 3.8) is 0 Å². The quantitative estimate of drug-likeness (QED) is 0.362. The van der Waals surface area contributed by atoms with Crippen molar-refractivity contribution in [2.24, 2.45) is 0 Å². The lowest BCUT2D eigenvalue weighted by atomic mass is 9.91. The fourth-order valence-corrected chi connectivity index (χ4v) is 2.97. The van der Waals surface area contributed by atoms with Gasteiger partial charge in [-0.25, -0.2) is 0 Å². The first kappa shape index (κ1) is 19.9. The predicted octanol–water partition coefficient (Wildman–Crippen LogP) is -1.07. The summed E-state index contributed by atoms with van der Waals surface area (Å²) in [6, 6.07) is 4.91. The second-order valence-electron chi connectivity index (χ2n) is 6.30. The van der Waals surface area contributed by atoms with Crippen molar-refractivity contribution in [3.8, 4) is 11.5 Å². The van der Waals surface area contributed by atoms with Gasteiger partial charge in [0.15, 0.2) is 11.5 Å². The summed E-state index contributed by atoms with van der Waals surface area (Å²) in [6.07, 6.45) is -5.95. The van der Waals surface area contributed by atoms with E-state index in [1.807, 2.05) is 0 Å². The van der Waals surface area contributed by atoms with Crippen LogP contribution in [-0.4, -0.2) is 81.0 Å². The number of phenolic OH excluding ortho intramolecular Hbond substituents is 1. The van der Waals surface area contributed by atoms with Gasteiger partial charge in [0.05, 0.1) is 25.9 Å². The van der Waals surface area contributed by atoms with Gasteiger partial charge in [-0.05, 0) is 30.5 Å². The van der Waals surface area contributed by atoms with Crippen LogP contribution in [0.25, 0.3) is 0 Å². The summed E-state index contributed by atoms with van der Waals surface area (Å²) < 4.78 is 10.4. The van der Waals surface area contributed by atoms with E-state index in [1.54, 1.807) is 12.1 Å². The number of rotatable bonds is 7. The standard InChI is InChI=1S/C17H26O8/c1-24-12-6-9(3-5-11(12)20)2-4-10(19)7-13-15(21)17(23)16(22)14(8-18)25-13/h3,5-6,10,13-23H,2,4,7-8H2,1H3. The molecular weight excluding hydrogens is 332 g/mol. The summed E-state index contributed by atoms with van der Waals surface area (Å²) in [7, 11) is 1.45. The van der Waals surface area contributed by atoms with E-state index >= 15 is 0 Å². The average Bonchev–Trinajstić information content (AvgIpc) is 2.61. The molecule has 142 valence electrons. The van der Waals surface area contributed by atoms with Gasteiger partial charge < -0.3 is 40.1 Å². The van der Waals surface area contributed by atoms with Crippen molar-refractivity contribution in [1.82, 2.24) is 0 Å². The van der Waals surface area contributed by atoms with Gasteiger partial charge in [0.2, 0.25) is 0 Å². The second-order valence-corrected chi connectivity index (χ2v) is 6.30. The van der Waals surface area contributed by atoms with Crippen LogP contribution in [0.4, 0.5) is 0 Å². The van der Waals surface area contributed by atoms with E-state index in [2.05, 4.69) is 0 Å². The van der Waals surface area contributed by atoms with Crippen LogP contribution in [0.15, 0.2) is 18.2 Å². The van der Waals surface area contributed by atoms with E-state index in [9.17, 15) is 25.5 Å². The number of methoxy groups -OCH3 is 1. The van der Waals surface area contributed by atoms with Crippen molar-refractivity contribution < 1.29 is 40.1 Å². The lowest BCUT2D eigenvalue weighted by Gasteiger charge is -2.40. The monoisotopic (exact) mass is 358 g/mol. The van der Waals surface area contributed by atoms with Crippen LogP contribution in [0.3, 0.4) is 0 Å². The molecule has 1 aliphatic rings. The summed E-state index contributed by atoms with van der Waals surface area (Å²) in [4.78, 5) is 0. The Balaban J connectivity index is 1.90. The zero-order chi connectivity index (χ0) is 18.6. The number of hydrogen-bond acceptors (Lipinski definition) is 8. The molecule has 0 spiro atoms. The summed E-state index contributed by atoms with van der Waals surface area (Å²) in [5.41, 5.74) is 0.863. The maximum absolute atomic E-state index is 10.2. The first-order chi connectivity index (χ1) is 11.9. The number of aromatic hydroxyl groups is 1. The molecule has 0 radical (unpaired) electrons. The van der Waals surface area contributed by atoms with Crippen LogP contribution in [0.5, 0.6) is 11.5 Å². The molecule has 0 bridgehead atoms. The molecule has 0 saturated carbocycles. The summed E-state index contributed by atoms with van der Waals surface area (Å²) in [5, 5.41) is 58.4. The van der Waals surface area contributed by atoms with Gasteiger partial charge in [-0.1, -0.05) is 6.07 Å². The molecule has 1 fully saturated rings. The number of hydrogen-bond donors (Lipinski definition) is 6. The van der Waals surface area contributed by atoms with Crippen molar-refractivity contribution >= 4 is 0 Å². The third kappa shape index (κ3) is 4.81. The minimum atomic E-state index is -1.44.